The number of ether oxygens (including phenoxy) is 1. The lowest BCUT2D eigenvalue weighted by atomic mass is 9.85. The molecule has 2 heterocycles. The van der Waals surface area contributed by atoms with Gasteiger partial charge in [0.2, 0.25) is 5.95 Å². The van der Waals surface area contributed by atoms with Crippen molar-refractivity contribution >= 4 is 23.3 Å². The molecule has 1 aromatic heterocycles. The van der Waals surface area contributed by atoms with Gasteiger partial charge in [-0.05, 0) is 48.2 Å². The van der Waals surface area contributed by atoms with E-state index in [2.05, 4.69) is 15.4 Å². The molecule has 7 heteroatoms. The molecule has 5 rings (SSSR count). The van der Waals surface area contributed by atoms with Crippen molar-refractivity contribution in [3.63, 3.8) is 0 Å². The number of halogens is 1. The number of fused-ring (bicyclic) bond motifs is 1. The van der Waals surface area contributed by atoms with Gasteiger partial charge in [-0.15, -0.1) is 0 Å². The van der Waals surface area contributed by atoms with Crippen molar-refractivity contribution in [1.82, 2.24) is 14.8 Å². The number of nitrogens with zero attached hydrogens (tertiary/aromatic N) is 3. The molecule has 0 fully saturated rings. The van der Waals surface area contributed by atoms with Gasteiger partial charge in [-0.2, -0.15) is 10.1 Å². The van der Waals surface area contributed by atoms with Crippen LogP contribution in [0.5, 0.6) is 5.75 Å². The zero-order valence-electron chi connectivity index (χ0n) is 15.6. The Balaban J connectivity index is 1.47. The van der Waals surface area contributed by atoms with Crippen LogP contribution in [0.2, 0.25) is 5.02 Å². The number of carbonyl (C=O) groups is 1. The van der Waals surface area contributed by atoms with Crippen LogP contribution in [0.3, 0.4) is 0 Å². The summed E-state index contributed by atoms with van der Waals surface area (Å²) in [5.41, 5.74) is 3.73. The first-order valence-electron chi connectivity index (χ1n) is 9.59. The Morgan fingerprint density at radius 1 is 1.17 bits per heavy atom. The molecular weight excluding hydrogens is 388 g/mol. The molecule has 3 aromatic rings. The molecule has 0 spiro atoms. The van der Waals surface area contributed by atoms with Crippen molar-refractivity contribution in [3.05, 3.63) is 82.3 Å². The minimum Gasteiger partial charge on any atom is -0.489 e. The maximum atomic E-state index is 12.8. The van der Waals surface area contributed by atoms with Crippen LogP contribution in [-0.2, 0) is 11.4 Å². The number of hydrogen-bond donors (Lipinski definition) is 1. The van der Waals surface area contributed by atoms with Crippen molar-refractivity contribution in [2.75, 3.05) is 5.32 Å². The van der Waals surface area contributed by atoms with Crippen molar-refractivity contribution in [2.24, 2.45) is 0 Å². The Bertz CT molecular complexity index is 1100. The first-order chi connectivity index (χ1) is 14.2. The van der Waals surface area contributed by atoms with E-state index < -0.39 is 0 Å². The van der Waals surface area contributed by atoms with Gasteiger partial charge in [-0.3, -0.25) is 4.79 Å². The quantitative estimate of drug-likeness (QED) is 0.689. The van der Waals surface area contributed by atoms with Crippen LogP contribution in [-0.4, -0.2) is 20.5 Å². The largest absolute Gasteiger partial charge is 0.489 e. The second kappa shape index (κ2) is 7.37. The number of benzene rings is 2. The molecule has 29 heavy (non-hydrogen) atoms. The summed E-state index contributed by atoms with van der Waals surface area (Å²) in [4.78, 5) is 17.1. The Kier molecular flexibility index (Phi) is 4.56. The first kappa shape index (κ1) is 17.9. The van der Waals surface area contributed by atoms with Crippen LogP contribution in [0.1, 0.15) is 36.4 Å². The number of ketones is 1. The fourth-order valence-electron chi connectivity index (χ4n) is 3.93. The first-order valence-corrected chi connectivity index (χ1v) is 9.97. The maximum Gasteiger partial charge on any atom is 0.226 e. The van der Waals surface area contributed by atoms with Crippen molar-refractivity contribution in [1.29, 1.82) is 0 Å². The SMILES string of the molecule is O=C1CCCC2=C1C(c1cccc(OCc3ccc(Cl)cc3)c1)n1ncnc1N2. The monoisotopic (exact) mass is 406 g/mol. The summed E-state index contributed by atoms with van der Waals surface area (Å²) in [6.45, 7) is 0.439. The average Bonchev–Trinajstić information content (AvgIpc) is 3.20. The molecule has 0 saturated carbocycles. The lowest BCUT2D eigenvalue weighted by molar-refractivity contribution is -0.116. The summed E-state index contributed by atoms with van der Waals surface area (Å²) in [5.74, 6) is 1.57. The predicted octanol–water partition coefficient (Wildman–Crippen LogP) is 4.53. The van der Waals surface area contributed by atoms with E-state index in [1.165, 1.54) is 6.33 Å². The van der Waals surface area contributed by atoms with Crippen LogP contribution < -0.4 is 10.1 Å². The summed E-state index contributed by atoms with van der Waals surface area (Å²) < 4.78 is 7.77. The number of aromatic nitrogens is 3. The summed E-state index contributed by atoms with van der Waals surface area (Å²) in [7, 11) is 0. The summed E-state index contributed by atoms with van der Waals surface area (Å²) in [6, 6.07) is 15.1. The number of anilines is 1. The van der Waals surface area contributed by atoms with Crippen LogP contribution in [0.4, 0.5) is 5.95 Å². The van der Waals surface area contributed by atoms with Gasteiger partial charge < -0.3 is 10.1 Å². The number of allylic oxidation sites excluding steroid dienone is 2. The van der Waals surface area contributed by atoms with E-state index in [-0.39, 0.29) is 11.8 Å². The third kappa shape index (κ3) is 3.40. The molecule has 0 radical (unpaired) electrons. The standard InChI is InChI=1S/C22H19ClN4O2/c23-16-9-7-14(8-10-16)12-29-17-4-1-3-15(11-17)21-20-18(5-2-6-19(20)28)26-22-24-13-25-27(21)22/h1,3-4,7-11,13,21H,2,5-6,12H2,(H,24,25,26). The fourth-order valence-corrected chi connectivity index (χ4v) is 4.05. The lowest BCUT2D eigenvalue weighted by Gasteiger charge is -2.32. The van der Waals surface area contributed by atoms with Crippen molar-refractivity contribution < 1.29 is 9.53 Å². The molecule has 0 saturated heterocycles. The molecule has 0 amide bonds. The van der Waals surface area contributed by atoms with E-state index in [0.717, 1.165) is 41.0 Å². The maximum absolute atomic E-state index is 12.8. The molecule has 1 N–H and O–H groups in total. The third-order valence-corrected chi connectivity index (χ3v) is 5.55. The van der Waals surface area contributed by atoms with Gasteiger partial charge in [-0.25, -0.2) is 4.68 Å². The smallest absolute Gasteiger partial charge is 0.226 e. The Hall–Kier alpha value is -3.12. The molecule has 1 atom stereocenters. The molecular formula is C22H19ClN4O2. The molecule has 1 aliphatic heterocycles. The Labute approximate surface area is 173 Å². The zero-order valence-corrected chi connectivity index (χ0v) is 16.4. The number of Topliss-reactive ketones (excluding diaryl/α,β-unsaturated/α-hetero) is 1. The molecule has 1 aliphatic carbocycles. The molecule has 0 bridgehead atoms. The second-order valence-electron chi connectivity index (χ2n) is 7.21. The van der Waals surface area contributed by atoms with E-state index in [9.17, 15) is 4.79 Å². The van der Waals surface area contributed by atoms with Gasteiger partial charge in [0.05, 0.1) is 0 Å². The van der Waals surface area contributed by atoms with Crippen LogP contribution in [0.15, 0.2) is 66.1 Å². The summed E-state index contributed by atoms with van der Waals surface area (Å²) in [5, 5.41) is 8.36. The lowest BCUT2D eigenvalue weighted by Crippen LogP contribution is -2.31. The highest BCUT2D eigenvalue weighted by Crippen LogP contribution is 2.40. The van der Waals surface area contributed by atoms with Gasteiger partial charge in [0, 0.05) is 22.7 Å². The van der Waals surface area contributed by atoms with E-state index in [1.807, 2.05) is 48.5 Å². The number of carbonyl (C=O) groups excluding carboxylic acids is 1. The Morgan fingerprint density at radius 3 is 2.90 bits per heavy atom. The minimum absolute atomic E-state index is 0.164. The minimum atomic E-state index is -0.296. The van der Waals surface area contributed by atoms with E-state index >= 15 is 0 Å². The third-order valence-electron chi connectivity index (χ3n) is 5.30. The highest BCUT2D eigenvalue weighted by Gasteiger charge is 2.36. The van der Waals surface area contributed by atoms with Crippen LogP contribution in [0.25, 0.3) is 0 Å². The van der Waals surface area contributed by atoms with E-state index in [0.29, 0.717) is 24.0 Å². The molecule has 6 nitrogen and oxygen atoms in total. The molecule has 146 valence electrons. The molecule has 2 aromatic carbocycles. The van der Waals surface area contributed by atoms with Crippen molar-refractivity contribution in [3.8, 4) is 5.75 Å². The number of nitrogens with one attached hydrogen (secondary N) is 1. The zero-order chi connectivity index (χ0) is 19.8. The van der Waals surface area contributed by atoms with Crippen LogP contribution >= 0.6 is 11.6 Å². The normalized spacial score (nSPS) is 18.1. The Morgan fingerprint density at radius 2 is 2.03 bits per heavy atom. The average molecular weight is 407 g/mol. The van der Waals surface area contributed by atoms with Gasteiger partial charge in [0.25, 0.3) is 0 Å². The number of hydrogen-bond acceptors (Lipinski definition) is 5. The second-order valence-corrected chi connectivity index (χ2v) is 7.65. The van der Waals surface area contributed by atoms with Gasteiger partial charge >= 0.3 is 0 Å². The summed E-state index contributed by atoms with van der Waals surface area (Å²) >= 11 is 5.94. The van der Waals surface area contributed by atoms with E-state index in [4.69, 9.17) is 16.3 Å². The van der Waals surface area contributed by atoms with E-state index in [1.54, 1.807) is 4.68 Å². The van der Waals surface area contributed by atoms with Crippen molar-refractivity contribution in [2.45, 2.75) is 31.9 Å². The van der Waals surface area contributed by atoms with Gasteiger partial charge in [0.1, 0.15) is 24.7 Å². The fraction of sp³-hybridized carbons (Fsp3) is 0.227. The van der Waals surface area contributed by atoms with Gasteiger partial charge in [-0.1, -0.05) is 35.9 Å². The predicted molar refractivity (Wildman–Crippen MR) is 110 cm³/mol. The molecule has 1 unspecified atom stereocenters. The summed E-state index contributed by atoms with van der Waals surface area (Å²) in [6.07, 6.45) is 3.78. The molecule has 2 aliphatic rings. The van der Waals surface area contributed by atoms with Crippen LogP contribution in [0, 0.1) is 0 Å². The topological polar surface area (TPSA) is 69.0 Å². The number of rotatable bonds is 4. The van der Waals surface area contributed by atoms with Gasteiger partial charge in [0.15, 0.2) is 5.78 Å². The highest BCUT2D eigenvalue weighted by atomic mass is 35.5. The highest BCUT2D eigenvalue weighted by molar-refractivity contribution is 6.30.